The van der Waals surface area contributed by atoms with Gasteiger partial charge in [0.2, 0.25) is 5.91 Å². The van der Waals surface area contributed by atoms with E-state index in [1.165, 1.54) is 12.1 Å². The maximum absolute atomic E-state index is 12.9. The van der Waals surface area contributed by atoms with Crippen LogP contribution in [0.3, 0.4) is 0 Å². The lowest BCUT2D eigenvalue weighted by Gasteiger charge is -2.39. The molecular weight excluding hydrogens is 331 g/mol. The van der Waals surface area contributed by atoms with Crippen LogP contribution in [0.2, 0.25) is 0 Å². The zero-order valence-electron chi connectivity index (χ0n) is 15.2. The lowest BCUT2D eigenvalue weighted by atomic mass is 10.1. The van der Waals surface area contributed by atoms with Gasteiger partial charge in [0.15, 0.2) is 0 Å². The van der Waals surface area contributed by atoms with Crippen LogP contribution in [-0.4, -0.2) is 48.6 Å². The van der Waals surface area contributed by atoms with Crippen LogP contribution in [0.25, 0.3) is 0 Å². The zero-order chi connectivity index (χ0) is 18.8. The lowest BCUT2D eigenvalue weighted by molar-refractivity contribution is -0.137. The van der Waals surface area contributed by atoms with Gasteiger partial charge in [-0.3, -0.25) is 9.69 Å². The molecule has 0 spiro atoms. The molecule has 0 radical (unpaired) electrons. The van der Waals surface area contributed by atoms with Crippen LogP contribution < -0.4 is 10.2 Å². The summed E-state index contributed by atoms with van der Waals surface area (Å²) in [6.45, 7) is 10.1. The van der Waals surface area contributed by atoms with E-state index >= 15 is 0 Å². The van der Waals surface area contributed by atoms with Gasteiger partial charge in [-0.25, -0.2) is 0 Å². The maximum atomic E-state index is 12.9. The van der Waals surface area contributed by atoms with E-state index in [0.29, 0.717) is 31.9 Å². The number of carbonyl (C=O) groups excluding carboxylic acids is 1. The van der Waals surface area contributed by atoms with Crippen LogP contribution in [0, 0.1) is 0 Å². The van der Waals surface area contributed by atoms with E-state index in [2.05, 4.69) is 10.2 Å². The van der Waals surface area contributed by atoms with Crippen molar-refractivity contribution in [1.82, 2.24) is 10.2 Å². The van der Waals surface area contributed by atoms with E-state index in [1.54, 1.807) is 6.07 Å². The summed E-state index contributed by atoms with van der Waals surface area (Å²) in [5, 5.41) is 2.96. The Kier molecular flexibility index (Phi) is 5.66. The van der Waals surface area contributed by atoms with Crippen LogP contribution in [0.5, 0.6) is 0 Å². The summed E-state index contributed by atoms with van der Waals surface area (Å²) in [6.07, 6.45) is -4.34. The van der Waals surface area contributed by atoms with Crippen LogP contribution in [0.4, 0.5) is 18.9 Å². The molecule has 1 fully saturated rings. The number of nitrogens with zero attached hydrogens (tertiary/aromatic N) is 2. The van der Waals surface area contributed by atoms with Crippen LogP contribution in [0.1, 0.15) is 33.3 Å². The summed E-state index contributed by atoms with van der Waals surface area (Å²) in [5.41, 5.74) is -0.350. The van der Waals surface area contributed by atoms with Crippen molar-refractivity contribution < 1.29 is 18.0 Å². The highest BCUT2D eigenvalue weighted by atomic mass is 19.4. The molecule has 25 heavy (non-hydrogen) atoms. The SMILES string of the molecule is C[C@@H](C(=O)NC(C)(C)C)N1CCN(c2cccc(C(F)(F)F)c2)CC1. The largest absolute Gasteiger partial charge is 0.416 e. The molecule has 1 N–H and O–H groups in total. The first-order valence-corrected chi connectivity index (χ1v) is 8.46. The monoisotopic (exact) mass is 357 g/mol. The molecule has 0 aromatic heterocycles. The first-order chi connectivity index (χ1) is 11.5. The average Bonchev–Trinajstić information content (AvgIpc) is 2.52. The highest BCUT2D eigenvalue weighted by Crippen LogP contribution is 2.31. The molecule has 140 valence electrons. The quantitative estimate of drug-likeness (QED) is 0.903. The number of carbonyl (C=O) groups is 1. The maximum Gasteiger partial charge on any atom is 0.416 e. The van der Waals surface area contributed by atoms with Gasteiger partial charge >= 0.3 is 6.18 Å². The minimum Gasteiger partial charge on any atom is -0.369 e. The number of benzene rings is 1. The van der Waals surface area contributed by atoms with E-state index in [0.717, 1.165) is 6.07 Å². The fourth-order valence-corrected chi connectivity index (χ4v) is 2.89. The Bertz CT molecular complexity index is 602. The van der Waals surface area contributed by atoms with Crippen LogP contribution >= 0.6 is 0 Å². The van der Waals surface area contributed by atoms with E-state index in [9.17, 15) is 18.0 Å². The molecule has 0 unspecified atom stereocenters. The minimum atomic E-state index is -4.34. The fourth-order valence-electron chi connectivity index (χ4n) is 2.89. The highest BCUT2D eigenvalue weighted by molar-refractivity contribution is 5.82. The van der Waals surface area contributed by atoms with Gasteiger partial charge < -0.3 is 10.2 Å². The molecule has 0 saturated carbocycles. The van der Waals surface area contributed by atoms with Crippen molar-refractivity contribution in [1.29, 1.82) is 0 Å². The summed E-state index contributed by atoms with van der Waals surface area (Å²) in [7, 11) is 0. The number of hydrogen-bond acceptors (Lipinski definition) is 3. The fraction of sp³-hybridized carbons (Fsp3) is 0.611. The first kappa shape index (κ1) is 19.6. The number of anilines is 1. The topological polar surface area (TPSA) is 35.6 Å². The van der Waals surface area contributed by atoms with Gasteiger partial charge in [0.25, 0.3) is 0 Å². The summed E-state index contributed by atoms with van der Waals surface area (Å²) >= 11 is 0. The second-order valence-corrected chi connectivity index (χ2v) is 7.49. The Balaban J connectivity index is 1.97. The Morgan fingerprint density at radius 3 is 2.24 bits per heavy atom. The molecule has 1 heterocycles. The summed E-state index contributed by atoms with van der Waals surface area (Å²) in [5.74, 6) is -0.0278. The Hall–Kier alpha value is -1.76. The zero-order valence-corrected chi connectivity index (χ0v) is 15.2. The molecule has 1 aliphatic heterocycles. The van der Waals surface area contributed by atoms with Crippen molar-refractivity contribution in [3.8, 4) is 0 Å². The van der Waals surface area contributed by atoms with Gasteiger partial charge in [-0.2, -0.15) is 13.2 Å². The van der Waals surface area contributed by atoms with Gasteiger partial charge in [0.05, 0.1) is 11.6 Å². The predicted molar refractivity (Wildman–Crippen MR) is 92.6 cm³/mol. The number of nitrogens with one attached hydrogen (secondary N) is 1. The van der Waals surface area contributed by atoms with Crippen LogP contribution in [0.15, 0.2) is 24.3 Å². The molecule has 1 aromatic rings. The summed E-state index contributed by atoms with van der Waals surface area (Å²) < 4.78 is 38.6. The van der Waals surface area contributed by atoms with E-state index in [4.69, 9.17) is 0 Å². The molecule has 1 aromatic carbocycles. The normalized spacial score (nSPS) is 18.1. The van der Waals surface area contributed by atoms with Crippen molar-refractivity contribution in [2.24, 2.45) is 0 Å². The van der Waals surface area contributed by atoms with Gasteiger partial charge in [-0.15, -0.1) is 0 Å². The molecule has 2 rings (SSSR count). The Morgan fingerprint density at radius 2 is 1.72 bits per heavy atom. The molecule has 7 heteroatoms. The van der Waals surface area contributed by atoms with Gasteiger partial charge in [0.1, 0.15) is 0 Å². The number of hydrogen-bond donors (Lipinski definition) is 1. The highest BCUT2D eigenvalue weighted by Gasteiger charge is 2.32. The third kappa shape index (κ3) is 5.36. The number of alkyl halides is 3. The van der Waals surface area contributed by atoms with Crippen LogP contribution in [-0.2, 0) is 11.0 Å². The van der Waals surface area contributed by atoms with Crippen molar-refractivity contribution in [2.75, 3.05) is 31.1 Å². The summed E-state index contributed by atoms with van der Waals surface area (Å²) in [6, 6.07) is 5.14. The van der Waals surface area contributed by atoms with Gasteiger partial charge in [-0.1, -0.05) is 6.07 Å². The third-order valence-corrected chi connectivity index (χ3v) is 4.28. The van der Waals surface area contributed by atoms with Crippen molar-refractivity contribution >= 4 is 11.6 Å². The minimum absolute atomic E-state index is 0.0278. The molecular formula is C18H26F3N3O. The first-order valence-electron chi connectivity index (χ1n) is 8.46. The molecule has 0 aliphatic carbocycles. The van der Waals surface area contributed by atoms with E-state index in [-0.39, 0.29) is 17.5 Å². The summed E-state index contributed by atoms with van der Waals surface area (Å²) in [4.78, 5) is 16.3. The number of piperazine rings is 1. The smallest absolute Gasteiger partial charge is 0.369 e. The van der Waals surface area contributed by atoms with Gasteiger partial charge in [-0.05, 0) is 45.9 Å². The van der Waals surface area contributed by atoms with Crippen molar-refractivity contribution in [3.63, 3.8) is 0 Å². The number of halogens is 3. The number of rotatable bonds is 3. The molecule has 0 bridgehead atoms. The molecule has 1 saturated heterocycles. The van der Waals surface area contributed by atoms with E-state index < -0.39 is 11.7 Å². The second kappa shape index (κ2) is 7.23. The second-order valence-electron chi connectivity index (χ2n) is 7.49. The van der Waals surface area contributed by atoms with Crippen molar-refractivity contribution in [2.45, 2.75) is 45.5 Å². The lowest BCUT2D eigenvalue weighted by Crippen LogP contribution is -2.56. The van der Waals surface area contributed by atoms with E-state index in [1.807, 2.05) is 32.6 Å². The standard InChI is InChI=1S/C18H26F3N3O/c1-13(16(25)22-17(2,3)4)23-8-10-24(11-9-23)15-7-5-6-14(12-15)18(19,20)21/h5-7,12-13H,8-11H2,1-4H3,(H,22,25)/t13-/m0/s1. The Labute approximate surface area is 147 Å². The average molecular weight is 357 g/mol. The number of amides is 1. The third-order valence-electron chi connectivity index (χ3n) is 4.28. The molecule has 1 atom stereocenters. The molecule has 1 aliphatic rings. The van der Waals surface area contributed by atoms with Gasteiger partial charge in [0, 0.05) is 37.4 Å². The predicted octanol–water partition coefficient (Wildman–Crippen LogP) is 3.13. The molecule has 1 amide bonds. The Morgan fingerprint density at radius 1 is 1.12 bits per heavy atom. The molecule has 4 nitrogen and oxygen atoms in total. The van der Waals surface area contributed by atoms with Crippen molar-refractivity contribution in [3.05, 3.63) is 29.8 Å².